The van der Waals surface area contributed by atoms with E-state index in [0.717, 1.165) is 12.2 Å². The number of carbonyl (C=O) groups excluding carboxylic acids is 1. The zero-order valence-corrected chi connectivity index (χ0v) is 12.7. The average molecular weight is 280 g/mol. The van der Waals surface area contributed by atoms with Gasteiger partial charge < -0.3 is 20.1 Å². The summed E-state index contributed by atoms with van der Waals surface area (Å²) in [4.78, 5) is 13.8. The van der Waals surface area contributed by atoms with Crippen molar-refractivity contribution in [2.45, 2.75) is 19.9 Å². The van der Waals surface area contributed by atoms with Crippen LogP contribution in [-0.4, -0.2) is 45.8 Å². The molecule has 0 aliphatic rings. The molecule has 112 valence electrons. The maximum absolute atomic E-state index is 11.6. The van der Waals surface area contributed by atoms with Crippen LogP contribution in [0.2, 0.25) is 0 Å². The Balaban J connectivity index is 3.06. The van der Waals surface area contributed by atoms with Crippen molar-refractivity contribution in [2.75, 3.05) is 44.6 Å². The van der Waals surface area contributed by atoms with Gasteiger partial charge in [-0.25, -0.2) is 0 Å². The third-order valence-electron chi connectivity index (χ3n) is 3.22. The summed E-state index contributed by atoms with van der Waals surface area (Å²) in [5.74, 6) is -0.0320. The van der Waals surface area contributed by atoms with Gasteiger partial charge in [-0.1, -0.05) is 0 Å². The normalized spacial score (nSPS) is 12.2. The second kappa shape index (κ2) is 7.87. The Morgan fingerprint density at radius 3 is 2.60 bits per heavy atom. The van der Waals surface area contributed by atoms with Gasteiger partial charge in [-0.2, -0.15) is 0 Å². The molecule has 5 heteroatoms. The zero-order valence-electron chi connectivity index (χ0n) is 12.7. The molecule has 0 heterocycles. The van der Waals surface area contributed by atoms with E-state index in [4.69, 9.17) is 15.2 Å². The summed E-state index contributed by atoms with van der Waals surface area (Å²) in [6.07, 6.45) is 0. The summed E-state index contributed by atoms with van der Waals surface area (Å²) in [7, 11) is 3.35. The van der Waals surface area contributed by atoms with Crippen LogP contribution in [0.3, 0.4) is 0 Å². The molecule has 0 aliphatic heterocycles. The molecule has 1 rings (SSSR count). The van der Waals surface area contributed by atoms with Gasteiger partial charge >= 0.3 is 0 Å². The van der Waals surface area contributed by atoms with E-state index in [9.17, 15) is 4.79 Å². The van der Waals surface area contributed by atoms with E-state index in [1.807, 2.05) is 12.1 Å². The lowest BCUT2D eigenvalue weighted by molar-refractivity contribution is 0.101. The number of Topliss-reactive ketones (excluding diaryl/α,β-unsaturated/α-hetero) is 1. The Morgan fingerprint density at radius 1 is 1.35 bits per heavy atom. The minimum atomic E-state index is -0.0320. The fourth-order valence-electron chi connectivity index (χ4n) is 2.15. The second-order valence-electron chi connectivity index (χ2n) is 4.82. The molecule has 20 heavy (non-hydrogen) atoms. The van der Waals surface area contributed by atoms with E-state index in [0.29, 0.717) is 24.5 Å². The first kappa shape index (κ1) is 16.5. The second-order valence-corrected chi connectivity index (χ2v) is 4.82. The van der Waals surface area contributed by atoms with E-state index in [1.54, 1.807) is 20.3 Å². The van der Waals surface area contributed by atoms with Gasteiger partial charge in [-0.15, -0.1) is 0 Å². The third-order valence-corrected chi connectivity index (χ3v) is 3.22. The van der Waals surface area contributed by atoms with Crippen LogP contribution in [-0.2, 0) is 9.47 Å². The smallest absolute Gasteiger partial charge is 0.161 e. The lowest BCUT2D eigenvalue weighted by Crippen LogP contribution is -2.38. The van der Waals surface area contributed by atoms with Gasteiger partial charge in [-0.05, 0) is 32.0 Å². The number of ketones is 1. The highest BCUT2D eigenvalue weighted by molar-refractivity contribution is 6.00. The fraction of sp³-hybridized carbons (Fsp3) is 0.533. The van der Waals surface area contributed by atoms with E-state index in [1.165, 1.54) is 6.92 Å². The Kier molecular flexibility index (Phi) is 6.48. The fourth-order valence-corrected chi connectivity index (χ4v) is 2.15. The minimum Gasteiger partial charge on any atom is -0.398 e. The number of hydrogen-bond acceptors (Lipinski definition) is 5. The molecular weight excluding hydrogens is 256 g/mol. The number of nitrogens with two attached hydrogens (primary N) is 1. The highest BCUT2D eigenvalue weighted by Crippen LogP contribution is 2.23. The highest BCUT2D eigenvalue weighted by atomic mass is 16.5. The SMILES string of the molecule is COCCN(c1ccc(N)c(C(C)=O)c1)C(C)COC. The monoisotopic (exact) mass is 280 g/mol. The Morgan fingerprint density at radius 2 is 2.05 bits per heavy atom. The maximum Gasteiger partial charge on any atom is 0.161 e. The molecule has 0 radical (unpaired) electrons. The van der Waals surface area contributed by atoms with Crippen molar-refractivity contribution in [3.63, 3.8) is 0 Å². The van der Waals surface area contributed by atoms with Gasteiger partial charge in [-0.3, -0.25) is 4.79 Å². The summed E-state index contributed by atoms with van der Waals surface area (Å²) < 4.78 is 10.4. The number of carbonyl (C=O) groups is 1. The number of ether oxygens (including phenoxy) is 2. The Bertz CT molecular complexity index is 449. The summed E-state index contributed by atoms with van der Waals surface area (Å²) >= 11 is 0. The average Bonchev–Trinajstić information content (AvgIpc) is 2.40. The predicted octanol–water partition coefficient (Wildman–Crippen LogP) is 1.96. The first-order valence-electron chi connectivity index (χ1n) is 6.66. The number of hydrogen-bond donors (Lipinski definition) is 1. The van der Waals surface area contributed by atoms with Crippen molar-refractivity contribution in [3.05, 3.63) is 23.8 Å². The number of benzene rings is 1. The molecule has 0 spiro atoms. The summed E-state index contributed by atoms with van der Waals surface area (Å²) in [6, 6.07) is 5.70. The predicted molar refractivity (Wildman–Crippen MR) is 81.4 cm³/mol. The highest BCUT2D eigenvalue weighted by Gasteiger charge is 2.16. The molecule has 1 unspecified atom stereocenters. The van der Waals surface area contributed by atoms with Gasteiger partial charge in [0, 0.05) is 43.7 Å². The summed E-state index contributed by atoms with van der Waals surface area (Å²) in [6.45, 7) is 5.52. The quantitative estimate of drug-likeness (QED) is 0.582. The van der Waals surface area contributed by atoms with Crippen LogP contribution in [0.4, 0.5) is 11.4 Å². The lowest BCUT2D eigenvalue weighted by atomic mass is 10.1. The zero-order chi connectivity index (χ0) is 15.1. The van der Waals surface area contributed by atoms with Crippen LogP contribution in [0.25, 0.3) is 0 Å². The molecule has 0 fully saturated rings. The number of nitrogens with zero attached hydrogens (tertiary/aromatic N) is 1. The van der Waals surface area contributed by atoms with Gasteiger partial charge in [0.2, 0.25) is 0 Å². The standard InChI is InChI=1S/C15H24N2O3/c1-11(10-20-4)17(7-8-19-3)13-5-6-15(16)14(9-13)12(2)18/h5-6,9,11H,7-8,10,16H2,1-4H3. The molecule has 0 amide bonds. The largest absolute Gasteiger partial charge is 0.398 e. The first-order chi connectivity index (χ1) is 9.51. The van der Waals surface area contributed by atoms with Crippen LogP contribution >= 0.6 is 0 Å². The van der Waals surface area contributed by atoms with Crippen molar-refractivity contribution in [1.82, 2.24) is 0 Å². The van der Waals surface area contributed by atoms with E-state index >= 15 is 0 Å². The Labute approximate surface area is 120 Å². The first-order valence-corrected chi connectivity index (χ1v) is 6.66. The lowest BCUT2D eigenvalue weighted by Gasteiger charge is -2.31. The molecule has 0 saturated heterocycles. The van der Waals surface area contributed by atoms with Gasteiger partial charge in [0.05, 0.1) is 13.2 Å². The van der Waals surface area contributed by atoms with E-state index in [-0.39, 0.29) is 11.8 Å². The van der Waals surface area contributed by atoms with Crippen molar-refractivity contribution in [2.24, 2.45) is 0 Å². The van der Waals surface area contributed by atoms with E-state index in [2.05, 4.69) is 11.8 Å². The Hall–Kier alpha value is -1.59. The molecule has 1 aromatic carbocycles. The van der Waals surface area contributed by atoms with Gasteiger partial charge in [0.1, 0.15) is 0 Å². The number of rotatable bonds is 8. The molecule has 0 saturated carbocycles. The molecule has 1 aromatic rings. The minimum absolute atomic E-state index is 0.0320. The molecular formula is C15H24N2O3. The molecule has 0 aliphatic carbocycles. The van der Waals surface area contributed by atoms with Crippen molar-refractivity contribution in [3.8, 4) is 0 Å². The van der Waals surface area contributed by atoms with Crippen molar-refractivity contribution in [1.29, 1.82) is 0 Å². The molecule has 2 N–H and O–H groups in total. The van der Waals surface area contributed by atoms with Gasteiger partial charge in [0.15, 0.2) is 5.78 Å². The van der Waals surface area contributed by atoms with Crippen LogP contribution in [0.15, 0.2) is 18.2 Å². The number of methoxy groups -OCH3 is 2. The summed E-state index contributed by atoms with van der Waals surface area (Å²) in [5, 5.41) is 0. The molecule has 0 bridgehead atoms. The van der Waals surface area contributed by atoms with E-state index < -0.39 is 0 Å². The van der Waals surface area contributed by atoms with Crippen LogP contribution in [0.1, 0.15) is 24.2 Å². The van der Waals surface area contributed by atoms with Crippen LogP contribution in [0, 0.1) is 0 Å². The molecule has 0 aromatic heterocycles. The van der Waals surface area contributed by atoms with Crippen LogP contribution in [0.5, 0.6) is 0 Å². The van der Waals surface area contributed by atoms with Crippen LogP contribution < -0.4 is 10.6 Å². The molecule has 5 nitrogen and oxygen atoms in total. The van der Waals surface area contributed by atoms with Crippen molar-refractivity contribution >= 4 is 17.2 Å². The molecule has 1 atom stereocenters. The maximum atomic E-state index is 11.6. The van der Waals surface area contributed by atoms with Crippen molar-refractivity contribution < 1.29 is 14.3 Å². The summed E-state index contributed by atoms with van der Waals surface area (Å²) in [5.41, 5.74) is 7.84. The number of anilines is 2. The third kappa shape index (κ3) is 4.21. The number of nitrogen functional groups attached to an aromatic ring is 1. The van der Waals surface area contributed by atoms with Gasteiger partial charge in [0.25, 0.3) is 0 Å². The topological polar surface area (TPSA) is 64.8 Å².